The van der Waals surface area contributed by atoms with Crippen LogP contribution in [-0.4, -0.2) is 36.5 Å². The van der Waals surface area contributed by atoms with Crippen LogP contribution in [0.3, 0.4) is 0 Å². The number of carbonyl (C=O) groups is 2. The average Bonchev–Trinajstić information content (AvgIpc) is 3.30. The molecule has 1 heterocycles. The van der Waals surface area contributed by atoms with Gasteiger partial charge in [-0.2, -0.15) is 0 Å². The van der Waals surface area contributed by atoms with Gasteiger partial charge in [0.1, 0.15) is 0 Å². The quantitative estimate of drug-likeness (QED) is 0.557. The summed E-state index contributed by atoms with van der Waals surface area (Å²) in [5.41, 5.74) is 1.04. The Morgan fingerprint density at radius 2 is 1.58 bits per heavy atom. The Bertz CT molecular complexity index is 726. The molecule has 4 atom stereocenters. The molecule has 5 nitrogen and oxygen atoms in total. The molecular weight excluding hydrogens is 330 g/mol. The van der Waals surface area contributed by atoms with Crippen LogP contribution in [0, 0.1) is 23.7 Å². The van der Waals surface area contributed by atoms with Crippen molar-refractivity contribution < 1.29 is 19.1 Å². The van der Waals surface area contributed by atoms with Crippen LogP contribution in [0.4, 0.5) is 0 Å². The summed E-state index contributed by atoms with van der Waals surface area (Å²) in [4.78, 5) is 27.0. The molecule has 0 aromatic heterocycles. The first-order valence-corrected chi connectivity index (χ1v) is 9.56. The number of allylic oxidation sites excluding steroid dienone is 2. The third kappa shape index (κ3) is 2.70. The van der Waals surface area contributed by atoms with Crippen molar-refractivity contribution in [3.05, 3.63) is 35.9 Å². The third-order valence-corrected chi connectivity index (χ3v) is 5.79. The van der Waals surface area contributed by atoms with Crippen molar-refractivity contribution in [3.63, 3.8) is 0 Å². The zero-order valence-corrected chi connectivity index (χ0v) is 15.3. The second kappa shape index (κ2) is 6.78. The fourth-order valence-electron chi connectivity index (χ4n) is 4.68. The molecule has 0 radical (unpaired) electrons. The van der Waals surface area contributed by atoms with Gasteiger partial charge in [0, 0.05) is 6.54 Å². The number of fused-ring (bicyclic) bond motifs is 5. The van der Waals surface area contributed by atoms with Gasteiger partial charge in [-0.15, -0.1) is 0 Å². The molecule has 0 unspecified atom stereocenters. The van der Waals surface area contributed by atoms with Gasteiger partial charge in [-0.25, -0.2) is 0 Å². The standard InChI is InChI=1S/C21H25NO4/c1-3-25-16-8-5-13(11-17(16)26-4-2)9-10-22-20(23)18-14-6-7-15(12-14)19(18)21(22)24/h5-8,11,14-15,18-19H,3-4,9-10,12H2,1-2H3/t14-,15-,18+,19+/m0/s1. The van der Waals surface area contributed by atoms with Crippen LogP contribution in [0.5, 0.6) is 11.5 Å². The minimum atomic E-state index is -0.114. The summed E-state index contributed by atoms with van der Waals surface area (Å²) in [6.45, 7) is 5.45. The summed E-state index contributed by atoms with van der Waals surface area (Å²) in [7, 11) is 0. The fraction of sp³-hybridized carbons (Fsp3) is 0.524. The molecule has 138 valence electrons. The van der Waals surface area contributed by atoms with Crippen LogP contribution in [0.1, 0.15) is 25.8 Å². The minimum Gasteiger partial charge on any atom is -0.490 e. The summed E-state index contributed by atoms with van der Waals surface area (Å²) in [5, 5.41) is 0. The molecule has 4 rings (SSSR count). The zero-order chi connectivity index (χ0) is 18.3. The van der Waals surface area contributed by atoms with Gasteiger partial charge in [0.2, 0.25) is 11.8 Å². The lowest BCUT2D eigenvalue weighted by Crippen LogP contribution is -2.34. The summed E-state index contributed by atoms with van der Waals surface area (Å²) >= 11 is 0. The van der Waals surface area contributed by atoms with E-state index in [4.69, 9.17) is 9.47 Å². The highest BCUT2D eigenvalue weighted by Crippen LogP contribution is 2.52. The Morgan fingerprint density at radius 1 is 0.962 bits per heavy atom. The Morgan fingerprint density at radius 3 is 2.19 bits per heavy atom. The Labute approximate surface area is 154 Å². The predicted molar refractivity (Wildman–Crippen MR) is 96.9 cm³/mol. The van der Waals surface area contributed by atoms with Gasteiger partial charge < -0.3 is 9.47 Å². The molecule has 1 aliphatic heterocycles. The number of carbonyl (C=O) groups excluding carboxylic acids is 2. The van der Waals surface area contributed by atoms with E-state index in [1.807, 2.05) is 32.0 Å². The van der Waals surface area contributed by atoms with Gasteiger partial charge in [0.25, 0.3) is 0 Å². The molecule has 26 heavy (non-hydrogen) atoms. The van der Waals surface area contributed by atoms with Gasteiger partial charge in [-0.05, 0) is 56.2 Å². The van der Waals surface area contributed by atoms with Crippen LogP contribution in [0.25, 0.3) is 0 Å². The number of nitrogens with zero attached hydrogens (tertiary/aromatic N) is 1. The van der Waals surface area contributed by atoms with Crippen LogP contribution in [0.2, 0.25) is 0 Å². The molecule has 2 bridgehead atoms. The molecule has 2 fully saturated rings. The molecule has 1 saturated carbocycles. The molecule has 3 aliphatic rings. The van der Waals surface area contributed by atoms with Crippen LogP contribution in [0.15, 0.2) is 30.4 Å². The highest BCUT2D eigenvalue weighted by Gasteiger charge is 2.58. The van der Waals surface area contributed by atoms with Crippen LogP contribution < -0.4 is 9.47 Å². The smallest absolute Gasteiger partial charge is 0.233 e. The topological polar surface area (TPSA) is 55.8 Å². The minimum absolute atomic E-state index is 0.0211. The molecule has 1 saturated heterocycles. The first-order valence-electron chi connectivity index (χ1n) is 9.56. The fourth-order valence-corrected chi connectivity index (χ4v) is 4.68. The highest BCUT2D eigenvalue weighted by atomic mass is 16.5. The van der Waals surface area contributed by atoms with E-state index in [9.17, 15) is 9.59 Å². The van der Waals surface area contributed by atoms with E-state index in [2.05, 4.69) is 12.2 Å². The summed E-state index contributed by atoms with van der Waals surface area (Å²) in [6, 6.07) is 5.83. The van der Waals surface area contributed by atoms with Crippen molar-refractivity contribution in [3.8, 4) is 11.5 Å². The number of ether oxygens (including phenoxy) is 2. The van der Waals surface area contributed by atoms with Crippen molar-refractivity contribution in [1.82, 2.24) is 4.90 Å². The van der Waals surface area contributed by atoms with Crippen LogP contribution >= 0.6 is 0 Å². The summed E-state index contributed by atoms with van der Waals surface area (Å²) in [6.07, 6.45) is 5.85. The molecule has 0 spiro atoms. The molecule has 2 amide bonds. The maximum Gasteiger partial charge on any atom is 0.233 e. The summed E-state index contributed by atoms with van der Waals surface area (Å²) in [5.74, 6) is 1.78. The molecule has 1 aromatic carbocycles. The number of amides is 2. The lowest BCUT2D eigenvalue weighted by Gasteiger charge is -2.18. The zero-order valence-electron chi connectivity index (χ0n) is 15.3. The van der Waals surface area contributed by atoms with Crippen molar-refractivity contribution in [2.75, 3.05) is 19.8 Å². The number of benzene rings is 1. The lowest BCUT2D eigenvalue weighted by molar-refractivity contribution is -0.140. The van der Waals surface area contributed by atoms with E-state index in [0.29, 0.717) is 31.9 Å². The van der Waals surface area contributed by atoms with E-state index in [0.717, 1.165) is 17.7 Å². The number of hydrogen-bond acceptors (Lipinski definition) is 4. The molecule has 2 aliphatic carbocycles. The van der Waals surface area contributed by atoms with E-state index >= 15 is 0 Å². The monoisotopic (exact) mass is 355 g/mol. The highest BCUT2D eigenvalue weighted by molar-refractivity contribution is 6.06. The third-order valence-electron chi connectivity index (χ3n) is 5.79. The Kier molecular flexibility index (Phi) is 4.47. The number of likely N-dealkylation sites (tertiary alicyclic amines) is 1. The number of hydrogen-bond donors (Lipinski definition) is 0. The number of rotatable bonds is 7. The molecule has 1 aromatic rings. The largest absolute Gasteiger partial charge is 0.490 e. The van der Waals surface area contributed by atoms with E-state index in [1.54, 1.807) is 0 Å². The second-order valence-electron chi connectivity index (χ2n) is 7.23. The lowest BCUT2D eigenvalue weighted by atomic mass is 9.85. The maximum absolute atomic E-state index is 12.7. The van der Waals surface area contributed by atoms with Crippen molar-refractivity contribution in [2.24, 2.45) is 23.7 Å². The first kappa shape index (κ1) is 17.1. The second-order valence-corrected chi connectivity index (χ2v) is 7.23. The van der Waals surface area contributed by atoms with E-state index in [1.165, 1.54) is 4.90 Å². The van der Waals surface area contributed by atoms with Gasteiger partial charge in [-0.3, -0.25) is 14.5 Å². The first-order chi connectivity index (χ1) is 12.6. The SMILES string of the molecule is CCOc1ccc(CCN2C(=O)[C@H]3[C@H](C2=O)[C@H]2C=C[C@H]3C2)cc1OCC. The van der Waals surface area contributed by atoms with Crippen molar-refractivity contribution >= 4 is 11.8 Å². The molecular formula is C21H25NO4. The average molecular weight is 355 g/mol. The Balaban J connectivity index is 1.45. The van der Waals surface area contributed by atoms with Gasteiger partial charge >= 0.3 is 0 Å². The number of imide groups is 1. The summed E-state index contributed by atoms with van der Waals surface area (Å²) < 4.78 is 11.2. The van der Waals surface area contributed by atoms with E-state index < -0.39 is 0 Å². The van der Waals surface area contributed by atoms with E-state index in [-0.39, 0.29) is 35.5 Å². The molecule has 5 heteroatoms. The Hall–Kier alpha value is -2.30. The maximum atomic E-state index is 12.7. The van der Waals surface area contributed by atoms with Gasteiger partial charge in [0.05, 0.1) is 25.0 Å². The normalized spacial score (nSPS) is 28.8. The predicted octanol–water partition coefficient (Wildman–Crippen LogP) is 2.83. The van der Waals surface area contributed by atoms with Gasteiger partial charge in [-0.1, -0.05) is 18.2 Å². The van der Waals surface area contributed by atoms with Crippen molar-refractivity contribution in [2.45, 2.75) is 26.7 Å². The van der Waals surface area contributed by atoms with Crippen LogP contribution in [-0.2, 0) is 16.0 Å². The van der Waals surface area contributed by atoms with Crippen molar-refractivity contribution in [1.29, 1.82) is 0 Å². The molecule has 0 N–H and O–H groups in total. The van der Waals surface area contributed by atoms with Gasteiger partial charge in [0.15, 0.2) is 11.5 Å².